The Morgan fingerprint density at radius 2 is 1.95 bits per heavy atom. The Hall–Kier alpha value is -1.32. The van der Waals surface area contributed by atoms with E-state index >= 15 is 0 Å². The van der Waals surface area contributed by atoms with Gasteiger partial charge < -0.3 is 4.90 Å². The van der Waals surface area contributed by atoms with Crippen molar-refractivity contribution in [3.05, 3.63) is 35.5 Å². The Labute approximate surface area is 125 Å². The first-order valence-electron chi connectivity index (χ1n) is 7.30. The third-order valence-electron chi connectivity index (χ3n) is 3.95. The second-order valence-electron chi connectivity index (χ2n) is 5.29. The lowest BCUT2D eigenvalue weighted by Crippen LogP contribution is -2.46. The zero-order valence-electron chi connectivity index (χ0n) is 11.8. The number of hydrogen-bond acceptors (Lipinski definition) is 3. The average Bonchev–Trinajstić information content (AvgIpc) is 2.48. The van der Waals surface area contributed by atoms with Crippen LogP contribution in [-0.2, 0) is 0 Å². The van der Waals surface area contributed by atoms with Crippen LogP contribution in [0.5, 0.6) is 0 Å². The summed E-state index contributed by atoms with van der Waals surface area (Å²) in [6.07, 6.45) is 3.11. The molecule has 1 aromatic heterocycles. The third kappa shape index (κ3) is 2.60. The number of halogens is 1. The summed E-state index contributed by atoms with van der Waals surface area (Å²) in [5.74, 6) is 0. The molecule has 4 heteroatoms. The van der Waals surface area contributed by atoms with Gasteiger partial charge in [-0.05, 0) is 31.2 Å². The van der Waals surface area contributed by atoms with Crippen molar-refractivity contribution >= 4 is 28.2 Å². The van der Waals surface area contributed by atoms with E-state index in [9.17, 15) is 0 Å². The molecule has 0 unspecified atom stereocenters. The molecule has 20 heavy (non-hydrogen) atoms. The molecule has 2 heterocycles. The molecule has 1 aliphatic heterocycles. The van der Waals surface area contributed by atoms with Crippen LogP contribution in [0.1, 0.15) is 13.3 Å². The van der Waals surface area contributed by atoms with Gasteiger partial charge in [-0.1, -0.05) is 24.6 Å². The van der Waals surface area contributed by atoms with E-state index in [0.29, 0.717) is 0 Å². The second kappa shape index (κ2) is 5.98. The molecule has 1 fully saturated rings. The molecule has 0 aliphatic carbocycles. The number of aromatic nitrogens is 1. The molecular formula is C16H20ClN3. The first-order chi connectivity index (χ1) is 9.79. The lowest BCUT2D eigenvalue weighted by atomic mass is 10.1. The number of pyridine rings is 1. The van der Waals surface area contributed by atoms with Crippen molar-refractivity contribution in [2.75, 3.05) is 37.6 Å². The predicted molar refractivity (Wildman–Crippen MR) is 85.7 cm³/mol. The molecule has 0 spiro atoms. The average molecular weight is 290 g/mol. The van der Waals surface area contributed by atoms with Crippen molar-refractivity contribution in [2.45, 2.75) is 13.3 Å². The van der Waals surface area contributed by atoms with E-state index in [1.807, 2.05) is 24.4 Å². The van der Waals surface area contributed by atoms with Crippen LogP contribution in [0.3, 0.4) is 0 Å². The highest BCUT2D eigenvalue weighted by molar-refractivity contribution is 6.36. The van der Waals surface area contributed by atoms with E-state index < -0.39 is 0 Å². The van der Waals surface area contributed by atoms with Gasteiger partial charge in [0.15, 0.2) is 0 Å². The zero-order valence-corrected chi connectivity index (χ0v) is 12.6. The van der Waals surface area contributed by atoms with Gasteiger partial charge in [0.25, 0.3) is 0 Å². The minimum atomic E-state index is 0.793. The van der Waals surface area contributed by atoms with Gasteiger partial charge in [0, 0.05) is 43.4 Å². The molecule has 3 nitrogen and oxygen atoms in total. The summed E-state index contributed by atoms with van der Waals surface area (Å²) in [5.41, 5.74) is 2.20. The predicted octanol–water partition coefficient (Wildman–Crippen LogP) is 3.42. The van der Waals surface area contributed by atoms with Crippen LogP contribution in [0.4, 0.5) is 5.69 Å². The summed E-state index contributed by atoms with van der Waals surface area (Å²) in [6, 6.07) is 8.02. The van der Waals surface area contributed by atoms with Crippen LogP contribution in [0.15, 0.2) is 30.5 Å². The number of fused-ring (bicyclic) bond motifs is 1. The van der Waals surface area contributed by atoms with Crippen LogP contribution >= 0.6 is 11.6 Å². The number of piperazine rings is 1. The fourth-order valence-electron chi connectivity index (χ4n) is 2.94. The molecule has 106 valence electrons. The maximum Gasteiger partial charge on any atom is 0.0737 e. The third-order valence-corrected chi connectivity index (χ3v) is 4.26. The summed E-state index contributed by atoms with van der Waals surface area (Å²) in [4.78, 5) is 9.38. The maximum absolute atomic E-state index is 6.38. The summed E-state index contributed by atoms with van der Waals surface area (Å²) < 4.78 is 0. The molecule has 1 aromatic carbocycles. The molecule has 0 bridgehead atoms. The zero-order chi connectivity index (χ0) is 13.9. The van der Waals surface area contributed by atoms with Gasteiger partial charge in [0.05, 0.1) is 10.5 Å². The SMILES string of the molecule is CCCN1CCN(c2ccnc3cccc(Cl)c23)CC1. The highest BCUT2D eigenvalue weighted by atomic mass is 35.5. The van der Waals surface area contributed by atoms with Gasteiger partial charge in [-0.25, -0.2) is 0 Å². The fraction of sp³-hybridized carbons (Fsp3) is 0.438. The Kier molecular flexibility index (Phi) is 4.08. The van der Waals surface area contributed by atoms with Crippen LogP contribution < -0.4 is 4.90 Å². The molecule has 0 N–H and O–H groups in total. The number of benzene rings is 1. The van der Waals surface area contributed by atoms with Gasteiger partial charge in [0.1, 0.15) is 0 Å². The molecule has 2 aromatic rings. The fourth-order valence-corrected chi connectivity index (χ4v) is 3.20. The standard InChI is InChI=1S/C16H20ClN3/c1-2-8-19-9-11-20(12-10-19)15-6-7-18-14-5-3-4-13(17)16(14)15/h3-7H,2,8-12H2,1H3. The Morgan fingerprint density at radius 3 is 2.70 bits per heavy atom. The topological polar surface area (TPSA) is 19.4 Å². The summed E-state index contributed by atoms with van der Waals surface area (Å²) in [7, 11) is 0. The van der Waals surface area contributed by atoms with Crippen molar-refractivity contribution in [1.29, 1.82) is 0 Å². The van der Waals surface area contributed by atoms with Crippen molar-refractivity contribution in [2.24, 2.45) is 0 Å². The van der Waals surface area contributed by atoms with E-state index in [1.54, 1.807) is 0 Å². The van der Waals surface area contributed by atoms with E-state index in [1.165, 1.54) is 18.7 Å². The lowest BCUT2D eigenvalue weighted by molar-refractivity contribution is 0.258. The molecule has 0 atom stereocenters. The normalized spacial score (nSPS) is 16.8. The molecule has 0 amide bonds. The molecule has 0 radical (unpaired) electrons. The van der Waals surface area contributed by atoms with E-state index in [4.69, 9.17) is 11.6 Å². The Morgan fingerprint density at radius 1 is 1.15 bits per heavy atom. The van der Waals surface area contributed by atoms with Crippen molar-refractivity contribution < 1.29 is 0 Å². The quantitative estimate of drug-likeness (QED) is 0.863. The number of anilines is 1. The Balaban J connectivity index is 1.88. The molecular weight excluding hydrogens is 270 g/mol. The van der Waals surface area contributed by atoms with Crippen molar-refractivity contribution in [1.82, 2.24) is 9.88 Å². The van der Waals surface area contributed by atoms with Crippen LogP contribution in [0.2, 0.25) is 5.02 Å². The Bertz CT molecular complexity index is 586. The van der Waals surface area contributed by atoms with Gasteiger partial charge in [-0.3, -0.25) is 9.88 Å². The first kappa shape index (κ1) is 13.7. The molecule has 1 aliphatic rings. The summed E-state index contributed by atoms with van der Waals surface area (Å²) in [6.45, 7) is 7.81. The number of rotatable bonds is 3. The second-order valence-corrected chi connectivity index (χ2v) is 5.70. The first-order valence-corrected chi connectivity index (χ1v) is 7.68. The highest BCUT2D eigenvalue weighted by Crippen LogP contribution is 2.32. The minimum Gasteiger partial charge on any atom is -0.368 e. The molecule has 1 saturated heterocycles. The number of hydrogen-bond donors (Lipinski definition) is 0. The molecule has 0 saturated carbocycles. The van der Waals surface area contributed by atoms with Gasteiger partial charge in [0.2, 0.25) is 0 Å². The van der Waals surface area contributed by atoms with Gasteiger partial charge in [-0.15, -0.1) is 0 Å². The van der Waals surface area contributed by atoms with E-state index in [2.05, 4.69) is 27.8 Å². The van der Waals surface area contributed by atoms with Crippen LogP contribution in [-0.4, -0.2) is 42.6 Å². The van der Waals surface area contributed by atoms with E-state index in [0.717, 1.165) is 42.1 Å². The summed E-state index contributed by atoms with van der Waals surface area (Å²) in [5, 5.41) is 1.88. The van der Waals surface area contributed by atoms with Crippen molar-refractivity contribution in [3.8, 4) is 0 Å². The summed E-state index contributed by atoms with van der Waals surface area (Å²) >= 11 is 6.38. The smallest absolute Gasteiger partial charge is 0.0737 e. The maximum atomic E-state index is 6.38. The highest BCUT2D eigenvalue weighted by Gasteiger charge is 2.19. The molecule has 3 rings (SSSR count). The van der Waals surface area contributed by atoms with E-state index in [-0.39, 0.29) is 0 Å². The lowest BCUT2D eigenvalue weighted by Gasteiger charge is -2.36. The minimum absolute atomic E-state index is 0.793. The van der Waals surface area contributed by atoms with Crippen molar-refractivity contribution in [3.63, 3.8) is 0 Å². The number of nitrogens with zero attached hydrogens (tertiary/aromatic N) is 3. The van der Waals surface area contributed by atoms with Gasteiger partial charge >= 0.3 is 0 Å². The van der Waals surface area contributed by atoms with Crippen LogP contribution in [0.25, 0.3) is 10.9 Å². The monoisotopic (exact) mass is 289 g/mol. The largest absolute Gasteiger partial charge is 0.368 e. The van der Waals surface area contributed by atoms with Gasteiger partial charge in [-0.2, -0.15) is 0 Å². The van der Waals surface area contributed by atoms with Crippen LogP contribution in [0, 0.1) is 0 Å².